The van der Waals surface area contributed by atoms with Crippen LogP contribution in [0.1, 0.15) is 27.2 Å². The summed E-state index contributed by atoms with van der Waals surface area (Å²) in [6.07, 6.45) is -2.87. The highest BCUT2D eigenvalue weighted by Gasteiger charge is 2.30. The van der Waals surface area contributed by atoms with Crippen LogP contribution in [-0.4, -0.2) is 10.9 Å². The summed E-state index contributed by atoms with van der Waals surface area (Å²) in [6.45, 7) is 0. The van der Waals surface area contributed by atoms with E-state index in [1.54, 1.807) is 42.6 Å². The number of nitrogens with one attached hydrogen (secondary N) is 1. The lowest BCUT2D eigenvalue weighted by Crippen LogP contribution is -2.14. The first kappa shape index (κ1) is 18.2. The minimum Gasteiger partial charge on any atom is -0.322 e. The van der Waals surface area contributed by atoms with Gasteiger partial charge in [0.15, 0.2) is 0 Å². The Hall–Kier alpha value is -3.59. The van der Waals surface area contributed by atoms with Crippen LogP contribution < -0.4 is 5.32 Å². The van der Waals surface area contributed by atoms with Crippen LogP contribution in [0.2, 0.25) is 0 Å². The van der Waals surface area contributed by atoms with Crippen LogP contribution >= 0.6 is 0 Å². The fraction of sp³-hybridized carbons (Fsp3) is 0.0476. The number of pyridine rings is 1. The standard InChI is InChI=1S/C21H13F3N2O/c22-21(23,24)17-7-4-6-16(14-17)20(27)26-19-9-3-5-15(13-19)10-11-18-8-1-2-12-25-18/h1-9,12-14H,(H,26,27). The molecule has 1 N–H and O–H groups in total. The van der Waals surface area contributed by atoms with Gasteiger partial charge in [-0.1, -0.05) is 24.1 Å². The molecule has 27 heavy (non-hydrogen) atoms. The van der Waals surface area contributed by atoms with Crippen LogP contribution in [0.25, 0.3) is 0 Å². The molecule has 0 atom stereocenters. The molecule has 0 saturated heterocycles. The van der Waals surface area contributed by atoms with Gasteiger partial charge in [0.2, 0.25) is 0 Å². The number of alkyl halides is 3. The van der Waals surface area contributed by atoms with E-state index in [0.29, 0.717) is 16.9 Å². The van der Waals surface area contributed by atoms with Crippen molar-refractivity contribution in [2.45, 2.75) is 6.18 Å². The zero-order chi connectivity index (χ0) is 19.3. The minimum atomic E-state index is -4.50. The third-order valence-corrected chi connectivity index (χ3v) is 3.57. The third-order valence-electron chi connectivity index (χ3n) is 3.57. The van der Waals surface area contributed by atoms with E-state index in [0.717, 1.165) is 12.1 Å². The van der Waals surface area contributed by atoms with Crippen molar-refractivity contribution in [3.63, 3.8) is 0 Å². The maximum atomic E-state index is 12.8. The minimum absolute atomic E-state index is 0.0743. The van der Waals surface area contributed by atoms with Gasteiger partial charge in [-0.15, -0.1) is 0 Å². The van der Waals surface area contributed by atoms with Crippen LogP contribution in [0.3, 0.4) is 0 Å². The fourth-order valence-electron chi connectivity index (χ4n) is 2.29. The van der Waals surface area contributed by atoms with E-state index >= 15 is 0 Å². The molecule has 0 aliphatic rings. The van der Waals surface area contributed by atoms with Crippen molar-refractivity contribution in [1.82, 2.24) is 4.98 Å². The molecule has 0 radical (unpaired) electrons. The highest BCUT2D eigenvalue weighted by atomic mass is 19.4. The summed E-state index contributed by atoms with van der Waals surface area (Å²) in [5.41, 5.74) is 0.739. The highest BCUT2D eigenvalue weighted by molar-refractivity contribution is 6.04. The summed E-state index contributed by atoms with van der Waals surface area (Å²) in [4.78, 5) is 16.4. The number of amides is 1. The summed E-state index contributed by atoms with van der Waals surface area (Å²) < 4.78 is 38.4. The Bertz CT molecular complexity index is 1020. The number of carbonyl (C=O) groups is 1. The number of carbonyl (C=O) groups excluding carboxylic acids is 1. The molecular formula is C21H13F3N2O. The molecule has 1 amide bonds. The first-order valence-electron chi connectivity index (χ1n) is 7.93. The Morgan fingerprint density at radius 1 is 0.926 bits per heavy atom. The zero-order valence-electron chi connectivity index (χ0n) is 13.9. The lowest BCUT2D eigenvalue weighted by Gasteiger charge is -2.09. The Morgan fingerprint density at radius 3 is 2.48 bits per heavy atom. The Labute approximate surface area is 153 Å². The van der Waals surface area contributed by atoms with E-state index in [9.17, 15) is 18.0 Å². The van der Waals surface area contributed by atoms with Gasteiger partial charge in [-0.3, -0.25) is 4.79 Å². The van der Waals surface area contributed by atoms with E-state index in [2.05, 4.69) is 22.1 Å². The molecule has 0 spiro atoms. The van der Waals surface area contributed by atoms with Gasteiger partial charge in [0.05, 0.1) is 5.56 Å². The number of hydrogen-bond acceptors (Lipinski definition) is 2. The van der Waals surface area contributed by atoms with Crippen LogP contribution in [0.4, 0.5) is 18.9 Å². The van der Waals surface area contributed by atoms with Gasteiger partial charge in [-0.2, -0.15) is 13.2 Å². The summed E-state index contributed by atoms with van der Waals surface area (Å²) in [5.74, 6) is 5.20. The Balaban J connectivity index is 1.77. The molecule has 0 bridgehead atoms. The summed E-state index contributed by atoms with van der Waals surface area (Å²) in [6, 6.07) is 16.4. The normalized spacial score (nSPS) is 10.6. The molecule has 0 unspecified atom stereocenters. The largest absolute Gasteiger partial charge is 0.416 e. The highest BCUT2D eigenvalue weighted by Crippen LogP contribution is 2.29. The van der Waals surface area contributed by atoms with Crippen molar-refractivity contribution in [3.8, 4) is 11.8 Å². The number of hydrogen-bond donors (Lipinski definition) is 1. The monoisotopic (exact) mass is 366 g/mol. The molecule has 1 aromatic heterocycles. The van der Waals surface area contributed by atoms with Crippen LogP contribution in [0.15, 0.2) is 72.9 Å². The zero-order valence-corrected chi connectivity index (χ0v) is 13.9. The quantitative estimate of drug-likeness (QED) is 0.665. The predicted molar refractivity (Wildman–Crippen MR) is 96.1 cm³/mol. The van der Waals surface area contributed by atoms with Gasteiger partial charge < -0.3 is 5.32 Å². The van der Waals surface area contributed by atoms with Crippen molar-refractivity contribution < 1.29 is 18.0 Å². The predicted octanol–water partition coefficient (Wildman–Crippen LogP) is 4.75. The Kier molecular flexibility index (Phi) is 5.23. The maximum Gasteiger partial charge on any atom is 0.416 e. The van der Waals surface area contributed by atoms with Gasteiger partial charge in [0.1, 0.15) is 5.69 Å². The number of benzene rings is 2. The second kappa shape index (κ2) is 7.75. The lowest BCUT2D eigenvalue weighted by atomic mass is 10.1. The molecular weight excluding hydrogens is 353 g/mol. The van der Waals surface area contributed by atoms with Crippen molar-refractivity contribution in [2.75, 3.05) is 5.32 Å². The molecule has 3 nitrogen and oxygen atoms in total. The molecule has 3 aromatic rings. The van der Waals surface area contributed by atoms with Gasteiger partial charge in [-0.05, 0) is 54.5 Å². The average Bonchev–Trinajstić information content (AvgIpc) is 2.67. The molecule has 0 saturated carbocycles. The average molecular weight is 366 g/mol. The van der Waals surface area contributed by atoms with Crippen LogP contribution in [-0.2, 0) is 6.18 Å². The second-order valence-corrected chi connectivity index (χ2v) is 5.58. The maximum absolute atomic E-state index is 12.8. The topological polar surface area (TPSA) is 42.0 Å². The van der Waals surface area contributed by atoms with Gasteiger partial charge in [0.25, 0.3) is 5.91 Å². The van der Waals surface area contributed by atoms with Crippen molar-refractivity contribution in [2.24, 2.45) is 0 Å². The van der Waals surface area contributed by atoms with E-state index in [-0.39, 0.29) is 5.56 Å². The molecule has 2 aromatic carbocycles. The SMILES string of the molecule is O=C(Nc1cccc(C#Cc2ccccn2)c1)c1cccc(C(F)(F)F)c1. The van der Waals surface area contributed by atoms with Crippen LogP contribution in [0.5, 0.6) is 0 Å². The molecule has 0 fully saturated rings. The van der Waals surface area contributed by atoms with E-state index in [1.165, 1.54) is 12.1 Å². The van der Waals surface area contributed by atoms with Gasteiger partial charge in [0, 0.05) is 23.0 Å². The first-order valence-corrected chi connectivity index (χ1v) is 7.93. The molecule has 134 valence electrons. The van der Waals surface area contributed by atoms with Crippen molar-refractivity contribution in [1.29, 1.82) is 0 Å². The summed E-state index contributed by atoms with van der Waals surface area (Å²) in [7, 11) is 0. The van der Waals surface area contributed by atoms with E-state index in [1.807, 2.05) is 6.07 Å². The summed E-state index contributed by atoms with van der Waals surface area (Å²) >= 11 is 0. The number of anilines is 1. The van der Waals surface area contributed by atoms with Gasteiger partial charge in [-0.25, -0.2) is 4.98 Å². The molecule has 0 aliphatic heterocycles. The summed E-state index contributed by atoms with van der Waals surface area (Å²) in [5, 5.41) is 2.59. The number of rotatable bonds is 2. The third kappa shape index (κ3) is 4.95. The number of aromatic nitrogens is 1. The number of nitrogens with zero attached hydrogens (tertiary/aromatic N) is 1. The Morgan fingerprint density at radius 2 is 1.74 bits per heavy atom. The van der Waals surface area contributed by atoms with Crippen molar-refractivity contribution in [3.05, 3.63) is 95.3 Å². The second-order valence-electron chi connectivity index (χ2n) is 5.58. The number of halogens is 3. The molecule has 0 aliphatic carbocycles. The van der Waals surface area contributed by atoms with E-state index in [4.69, 9.17) is 0 Å². The molecule has 3 rings (SSSR count). The van der Waals surface area contributed by atoms with E-state index < -0.39 is 17.6 Å². The smallest absolute Gasteiger partial charge is 0.322 e. The lowest BCUT2D eigenvalue weighted by molar-refractivity contribution is -0.137. The fourth-order valence-corrected chi connectivity index (χ4v) is 2.29. The van der Waals surface area contributed by atoms with Crippen LogP contribution in [0, 0.1) is 11.8 Å². The first-order chi connectivity index (χ1) is 12.9. The molecule has 6 heteroatoms. The molecule has 1 heterocycles. The van der Waals surface area contributed by atoms with Crippen molar-refractivity contribution >= 4 is 11.6 Å². The van der Waals surface area contributed by atoms with Gasteiger partial charge >= 0.3 is 6.18 Å².